The van der Waals surface area contributed by atoms with E-state index < -0.39 is 10.0 Å². The molecule has 0 amide bonds. The maximum absolute atomic E-state index is 12.2. The second-order valence-electron chi connectivity index (χ2n) is 3.57. The molecular weight excluding hydrogens is 379 g/mol. The van der Waals surface area contributed by atoms with E-state index in [9.17, 15) is 8.42 Å². The van der Waals surface area contributed by atoms with Crippen LogP contribution < -0.4 is 4.72 Å². The van der Waals surface area contributed by atoms with Crippen LogP contribution in [0.1, 0.15) is 0 Å². The largest absolute Gasteiger partial charge is 0.281 e. The number of benzene rings is 1. The summed E-state index contributed by atoms with van der Waals surface area (Å²) in [5.74, 6) is 0. The molecule has 0 aliphatic carbocycles. The summed E-state index contributed by atoms with van der Waals surface area (Å²) in [6.45, 7) is 0. The van der Waals surface area contributed by atoms with E-state index in [-0.39, 0.29) is 15.3 Å². The normalized spacial score (nSPS) is 11.6. The Morgan fingerprint density at radius 3 is 2.32 bits per heavy atom. The Hall–Kier alpha value is -0.830. The molecule has 0 saturated carbocycles. The molecule has 0 spiro atoms. The standard InChI is InChI=1S/C9H7BrCl2N4O2S/c1-16-9(8(10)13-15-16)19(17,18)14-7-3-5(11)2-6(12)4-7/h2-4,14H,1H3. The number of nitrogens with one attached hydrogen (secondary N) is 1. The van der Waals surface area contributed by atoms with E-state index in [1.807, 2.05) is 0 Å². The van der Waals surface area contributed by atoms with Crippen LogP contribution >= 0.6 is 39.1 Å². The fourth-order valence-electron chi connectivity index (χ4n) is 1.42. The summed E-state index contributed by atoms with van der Waals surface area (Å²) in [4.78, 5) is 0. The molecule has 0 unspecified atom stereocenters. The van der Waals surface area contributed by atoms with Crippen molar-refractivity contribution in [2.24, 2.45) is 7.05 Å². The van der Waals surface area contributed by atoms with Crippen LogP contribution in [0.3, 0.4) is 0 Å². The zero-order valence-corrected chi connectivity index (χ0v) is 13.3. The van der Waals surface area contributed by atoms with Crippen LogP contribution in [0.4, 0.5) is 5.69 Å². The number of aryl methyl sites for hydroxylation is 1. The molecule has 0 fully saturated rings. The molecule has 0 atom stereocenters. The Morgan fingerprint density at radius 1 is 1.26 bits per heavy atom. The van der Waals surface area contributed by atoms with Crippen LogP contribution in [0, 0.1) is 0 Å². The SMILES string of the molecule is Cn1nnc(Br)c1S(=O)(=O)Nc1cc(Cl)cc(Cl)c1. The van der Waals surface area contributed by atoms with Crippen molar-refractivity contribution >= 4 is 54.8 Å². The summed E-state index contributed by atoms with van der Waals surface area (Å²) in [5, 5.41) is 7.78. The summed E-state index contributed by atoms with van der Waals surface area (Å²) in [7, 11) is -2.37. The van der Waals surface area contributed by atoms with Crippen LogP contribution in [-0.4, -0.2) is 23.4 Å². The van der Waals surface area contributed by atoms with Gasteiger partial charge >= 0.3 is 0 Å². The van der Waals surface area contributed by atoms with E-state index in [0.717, 1.165) is 4.68 Å². The minimum atomic E-state index is -3.84. The number of halogens is 3. The fourth-order valence-corrected chi connectivity index (χ4v) is 4.09. The number of anilines is 1. The Morgan fingerprint density at radius 2 is 1.84 bits per heavy atom. The smallest absolute Gasteiger partial charge is 0.278 e. The number of sulfonamides is 1. The van der Waals surface area contributed by atoms with Crippen LogP contribution in [0.25, 0.3) is 0 Å². The molecular formula is C9H7BrCl2N4O2S. The molecule has 10 heteroatoms. The lowest BCUT2D eigenvalue weighted by molar-refractivity contribution is 0.578. The number of hydrogen-bond donors (Lipinski definition) is 1. The highest BCUT2D eigenvalue weighted by Gasteiger charge is 2.24. The molecule has 2 rings (SSSR count). The summed E-state index contributed by atoms with van der Waals surface area (Å²) >= 11 is 14.6. The Kier molecular flexibility index (Phi) is 4.05. The van der Waals surface area contributed by atoms with Gasteiger partial charge in [0.15, 0.2) is 4.60 Å². The van der Waals surface area contributed by atoms with Gasteiger partial charge < -0.3 is 0 Å². The lowest BCUT2D eigenvalue weighted by Gasteiger charge is -2.08. The van der Waals surface area contributed by atoms with Crippen molar-refractivity contribution in [3.05, 3.63) is 32.8 Å². The summed E-state index contributed by atoms with van der Waals surface area (Å²) in [6.07, 6.45) is 0. The molecule has 1 N–H and O–H groups in total. The van der Waals surface area contributed by atoms with Gasteiger partial charge in [-0.2, -0.15) is 8.42 Å². The van der Waals surface area contributed by atoms with Crippen molar-refractivity contribution in [2.75, 3.05) is 4.72 Å². The Bertz CT molecular complexity index is 692. The summed E-state index contributed by atoms with van der Waals surface area (Å²) in [5.41, 5.74) is 0.255. The molecule has 0 radical (unpaired) electrons. The molecule has 1 aromatic heterocycles. The van der Waals surface area contributed by atoms with Gasteiger partial charge in [0.05, 0.1) is 5.69 Å². The van der Waals surface area contributed by atoms with Crippen molar-refractivity contribution in [3.63, 3.8) is 0 Å². The van der Waals surface area contributed by atoms with E-state index in [1.54, 1.807) is 0 Å². The minimum Gasteiger partial charge on any atom is -0.278 e. The van der Waals surface area contributed by atoms with Gasteiger partial charge in [0.25, 0.3) is 10.0 Å². The lowest BCUT2D eigenvalue weighted by Crippen LogP contribution is -2.17. The van der Waals surface area contributed by atoms with Crippen LogP contribution in [0.5, 0.6) is 0 Å². The highest BCUT2D eigenvalue weighted by atomic mass is 79.9. The number of aromatic nitrogens is 3. The topological polar surface area (TPSA) is 76.9 Å². The first-order valence-corrected chi connectivity index (χ1v) is 7.87. The van der Waals surface area contributed by atoms with Gasteiger partial charge in [-0.05, 0) is 34.1 Å². The number of nitrogens with zero attached hydrogens (tertiary/aromatic N) is 3. The van der Waals surface area contributed by atoms with E-state index >= 15 is 0 Å². The molecule has 2 aromatic rings. The highest BCUT2D eigenvalue weighted by molar-refractivity contribution is 9.10. The van der Waals surface area contributed by atoms with Crippen LogP contribution in [-0.2, 0) is 17.1 Å². The Balaban J connectivity index is 2.42. The molecule has 0 bridgehead atoms. The van der Waals surface area contributed by atoms with E-state index in [1.165, 1.54) is 25.2 Å². The van der Waals surface area contributed by atoms with Crippen molar-refractivity contribution in [1.29, 1.82) is 0 Å². The summed E-state index contributed by atoms with van der Waals surface area (Å²) in [6, 6.07) is 4.40. The second kappa shape index (κ2) is 5.28. The van der Waals surface area contributed by atoms with Gasteiger partial charge in [0.1, 0.15) is 0 Å². The third-order valence-corrected chi connectivity index (χ3v) is 4.81. The van der Waals surface area contributed by atoms with Crippen LogP contribution in [0.2, 0.25) is 10.0 Å². The molecule has 6 nitrogen and oxygen atoms in total. The molecule has 0 aliphatic heterocycles. The molecule has 102 valence electrons. The quantitative estimate of drug-likeness (QED) is 0.880. The number of rotatable bonds is 3. The maximum Gasteiger partial charge on any atom is 0.281 e. The first-order valence-electron chi connectivity index (χ1n) is 4.84. The molecule has 0 aliphatic rings. The molecule has 0 saturated heterocycles. The summed E-state index contributed by atoms with van der Waals surface area (Å²) < 4.78 is 28.0. The first kappa shape index (κ1) is 14.6. The highest BCUT2D eigenvalue weighted by Crippen LogP contribution is 2.26. The third-order valence-electron chi connectivity index (χ3n) is 2.11. The second-order valence-corrected chi connectivity index (χ2v) is 6.79. The fraction of sp³-hybridized carbons (Fsp3) is 0.111. The predicted molar refractivity (Wildman–Crippen MR) is 76.0 cm³/mol. The lowest BCUT2D eigenvalue weighted by atomic mass is 10.3. The number of hydrogen-bond acceptors (Lipinski definition) is 4. The molecule has 19 heavy (non-hydrogen) atoms. The van der Waals surface area contributed by atoms with Gasteiger partial charge in [-0.3, -0.25) is 4.72 Å². The van der Waals surface area contributed by atoms with Gasteiger partial charge in [0, 0.05) is 17.1 Å². The molecule has 1 heterocycles. The monoisotopic (exact) mass is 384 g/mol. The average Bonchev–Trinajstić information content (AvgIpc) is 2.56. The minimum absolute atomic E-state index is 0.0939. The zero-order chi connectivity index (χ0) is 14.2. The zero-order valence-electron chi connectivity index (χ0n) is 9.43. The maximum atomic E-state index is 12.2. The van der Waals surface area contributed by atoms with Crippen molar-refractivity contribution in [3.8, 4) is 0 Å². The Labute approximate surface area is 127 Å². The average molecular weight is 386 g/mol. The van der Waals surface area contributed by atoms with E-state index in [4.69, 9.17) is 23.2 Å². The van der Waals surface area contributed by atoms with E-state index in [0.29, 0.717) is 10.0 Å². The van der Waals surface area contributed by atoms with Crippen LogP contribution in [0.15, 0.2) is 27.8 Å². The third kappa shape index (κ3) is 3.19. The van der Waals surface area contributed by atoms with E-state index in [2.05, 4.69) is 31.0 Å². The van der Waals surface area contributed by atoms with Gasteiger partial charge in [-0.1, -0.05) is 28.4 Å². The predicted octanol–water partition coefficient (Wildman–Crippen LogP) is 2.69. The van der Waals surface area contributed by atoms with Crippen molar-refractivity contribution in [2.45, 2.75) is 5.03 Å². The van der Waals surface area contributed by atoms with Gasteiger partial charge in [-0.15, -0.1) is 5.10 Å². The first-order chi connectivity index (χ1) is 8.79. The van der Waals surface area contributed by atoms with Crippen molar-refractivity contribution < 1.29 is 8.42 Å². The van der Waals surface area contributed by atoms with Gasteiger partial charge in [-0.25, -0.2) is 4.68 Å². The van der Waals surface area contributed by atoms with Gasteiger partial charge in [0.2, 0.25) is 5.03 Å². The molecule has 1 aromatic carbocycles. The van der Waals surface area contributed by atoms with Crippen molar-refractivity contribution in [1.82, 2.24) is 15.0 Å².